The highest BCUT2D eigenvalue weighted by Gasteiger charge is 2.17. The van der Waals surface area contributed by atoms with Gasteiger partial charge in [0, 0.05) is 7.05 Å². The van der Waals surface area contributed by atoms with E-state index in [1.165, 1.54) is 4.68 Å². The van der Waals surface area contributed by atoms with Gasteiger partial charge in [0.05, 0.1) is 15.7 Å². The summed E-state index contributed by atoms with van der Waals surface area (Å²) >= 11 is 12.1. The van der Waals surface area contributed by atoms with Crippen molar-refractivity contribution in [1.82, 2.24) is 9.36 Å². The number of aromatic nitrogens is 2. The molecule has 0 unspecified atom stereocenters. The molecule has 2 aromatic rings. The van der Waals surface area contributed by atoms with E-state index in [0.717, 1.165) is 0 Å². The fourth-order valence-corrected chi connectivity index (χ4v) is 2.23. The Morgan fingerprint density at radius 3 is 2.18 bits per heavy atom. The maximum Gasteiger partial charge on any atom is 0.294 e. The van der Waals surface area contributed by atoms with Crippen LogP contribution in [0.15, 0.2) is 23.0 Å². The molecule has 1 aromatic carbocycles. The molecule has 1 heterocycles. The summed E-state index contributed by atoms with van der Waals surface area (Å²) in [6.45, 7) is 1.76. The molecule has 0 amide bonds. The Bertz CT molecular complexity index is 623. The molecule has 0 atom stereocenters. The third kappa shape index (κ3) is 1.73. The predicted molar refractivity (Wildman–Crippen MR) is 70.2 cm³/mol. The second-order valence-electron chi connectivity index (χ2n) is 3.71. The Labute approximate surface area is 108 Å². The molecule has 17 heavy (non-hydrogen) atoms. The van der Waals surface area contributed by atoms with Crippen LogP contribution in [0, 0.1) is 6.92 Å². The van der Waals surface area contributed by atoms with E-state index in [1.807, 2.05) is 0 Å². The number of anilines is 1. The van der Waals surface area contributed by atoms with Gasteiger partial charge in [-0.1, -0.05) is 29.3 Å². The zero-order chi connectivity index (χ0) is 12.7. The van der Waals surface area contributed by atoms with E-state index in [9.17, 15) is 4.79 Å². The summed E-state index contributed by atoms with van der Waals surface area (Å²) in [6.07, 6.45) is 0. The molecule has 0 fully saturated rings. The number of halogens is 2. The molecule has 0 spiro atoms. The van der Waals surface area contributed by atoms with Gasteiger partial charge in [0.25, 0.3) is 5.56 Å². The Morgan fingerprint density at radius 1 is 1.24 bits per heavy atom. The minimum Gasteiger partial charge on any atom is -0.393 e. The fourth-order valence-electron chi connectivity index (χ4n) is 1.67. The lowest BCUT2D eigenvalue weighted by Crippen LogP contribution is -2.21. The van der Waals surface area contributed by atoms with Crippen molar-refractivity contribution >= 4 is 28.9 Å². The lowest BCUT2D eigenvalue weighted by Gasteiger charge is -2.11. The molecule has 4 nitrogen and oxygen atoms in total. The van der Waals surface area contributed by atoms with Gasteiger partial charge >= 0.3 is 0 Å². The molecule has 0 aliphatic rings. The summed E-state index contributed by atoms with van der Waals surface area (Å²) in [6, 6.07) is 5.07. The highest BCUT2D eigenvalue weighted by Crippen LogP contribution is 2.28. The lowest BCUT2D eigenvalue weighted by atomic mass is 10.3. The summed E-state index contributed by atoms with van der Waals surface area (Å²) in [7, 11) is 1.73. The highest BCUT2D eigenvalue weighted by atomic mass is 35.5. The number of nitrogens with zero attached hydrogens (tertiary/aromatic N) is 2. The van der Waals surface area contributed by atoms with Gasteiger partial charge in [0.1, 0.15) is 11.4 Å². The molecule has 2 rings (SSSR count). The molecule has 1 aromatic heterocycles. The zero-order valence-electron chi connectivity index (χ0n) is 9.37. The van der Waals surface area contributed by atoms with Crippen molar-refractivity contribution in [2.24, 2.45) is 7.05 Å². The fraction of sp³-hybridized carbons (Fsp3) is 0.182. The van der Waals surface area contributed by atoms with Crippen molar-refractivity contribution in [3.63, 3.8) is 0 Å². The first kappa shape index (κ1) is 12.1. The van der Waals surface area contributed by atoms with Crippen LogP contribution in [0.3, 0.4) is 0 Å². The number of rotatable bonds is 1. The molecular weight excluding hydrogens is 261 g/mol. The third-order valence-corrected chi connectivity index (χ3v) is 3.36. The normalized spacial score (nSPS) is 10.8. The maximum atomic E-state index is 12.0. The van der Waals surface area contributed by atoms with Crippen LogP contribution >= 0.6 is 23.2 Å². The van der Waals surface area contributed by atoms with E-state index in [2.05, 4.69) is 0 Å². The predicted octanol–water partition coefficient (Wildman–Crippen LogP) is 2.37. The summed E-state index contributed by atoms with van der Waals surface area (Å²) in [5.41, 5.74) is 6.70. The summed E-state index contributed by atoms with van der Waals surface area (Å²) in [4.78, 5) is 12.0. The van der Waals surface area contributed by atoms with E-state index in [-0.39, 0.29) is 11.2 Å². The van der Waals surface area contributed by atoms with Crippen LogP contribution in [0.1, 0.15) is 5.69 Å². The van der Waals surface area contributed by atoms with Gasteiger partial charge in [-0.2, -0.15) is 0 Å². The van der Waals surface area contributed by atoms with E-state index in [4.69, 9.17) is 28.9 Å². The van der Waals surface area contributed by atoms with Gasteiger partial charge in [-0.15, -0.1) is 0 Å². The quantitative estimate of drug-likeness (QED) is 0.866. The minimum atomic E-state index is -0.319. The Morgan fingerprint density at radius 2 is 1.76 bits per heavy atom. The first-order valence-corrected chi connectivity index (χ1v) is 5.69. The van der Waals surface area contributed by atoms with Gasteiger partial charge < -0.3 is 5.73 Å². The molecule has 90 valence electrons. The first-order valence-electron chi connectivity index (χ1n) is 4.93. The van der Waals surface area contributed by atoms with Crippen LogP contribution in [0.5, 0.6) is 0 Å². The smallest absolute Gasteiger partial charge is 0.294 e. The Kier molecular flexibility index (Phi) is 2.93. The zero-order valence-corrected chi connectivity index (χ0v) is 10.9. The second-order valence-corrected chi connectivity index (χ2v) is 4.52. The number of para-hydroxylation sites is 1. The average Bonchev–Trinajstić information content (AvgIpc) is 2.46. The van der Waals surface area contributed by atoms with Crippen LogP contribution in [-0.4, -0.2) is 9.36 Å². The number of benzene rings is 1. The van der Waals surface area contributed by atoms with Gasteiger partial charge in [-0.3, -0.25) is 9.48 Å². The lowest BCUT2D eigenvalue weighted by molar-refractivity contribution is 0.630. The van der Waals surface area contributed by atoms with Gasteiger partial charge in [0.15, 0.2) is 0 Å². The van der Waals surface area contributed by atoms with Crippen molar-refractivity contribution in [2.45, 2.75) is 6.92 Å². The van der Waals surface area contributed by atoms with Crippen molar-refractivity contribution in [1.29, 1.82) is 0 Å². The maximum absolute atomic E-state index is 12.0. The first-order chi connectivity index (χ1) is 7.95. The van der Waals surface area contributed by atoms with Crippen LogP contribution < -0.4 is 11.3 Å². The average molecular weight is 272 g/mol. The summed E-state index contributed by atoms with van der Waals surface area (Å²) in [5.74, 6) is 0. The van der Waals surface area contributed by atoms with Crippen LogP contribution in [-0.2, 0) is 7.05 Å². The van der Waals surface area contributed by atoms with Crippen molar-refractivity contribution in [2.75, 3.05) is 5.73 Å². The van der Waals surface area contributed by atoms with Crippen LogP contribution in [0.25, 0.3) is 5.69 Å². The SMILES string of the molecule is Cc1c(N)c(=O)n(-c2c(Cl)cccc2Cl)n1C. The molecule has 0 aliphatic carbocycles. The molecule has 0 bridgehead atoms. The van der Waals surface area contributed by atoms with Gasteiger partial charge in [-0.05, 0) is 19.1 Å². The van der Waals surface area contributed by atoms with Gasteiger partial charge in [0.2, 0.25) is 0 Å². The number of nitrogens with two attached hydrogens (primary N) is 1. The number of hydrogen-bond acceptors (Lipinski definition) is 2. The summed E-state index contributed by atoms with van der Waals surface area (Å²) < 4.78 is 3.00. The van der Waals surface area contributed by atoms with E-state index >= 15 is 0 Å². The standard InChI is InChI=1S/C11H11Cl2N3O/c1-6-9(14)11(17)16(15(6)2)10-7(12)4-3-5-8(10)13/h3-5H,14H2,1-2H3. The molecule has 0 saturated carbocycles. The second kappa shape index (κ2) is 4.13. The van der Waals surface area contributed by atoms with Crippen LogP contribution in [0.4, 0.5) is 5.69 Å². The van der Waals surface area contributed by atoms with E-state index in [0.29, 0.717) is 21.4 Å². The third-order valence-electron chi connectivity index (χ3n) is 2.75. The van der Waals surface area contributed by atoms with Crippen molar-refractivity contribution < 1.29 is 0 Å². The number of hydrogen-bond donors (Lipinski definition) is 1. The molecule has 0 radical (unpaired) electrons. The molecular formula is C11H11Cl2N3O. The molecule has 0 saturated heterocycles. The van der Waals surface area contributed by atoms with Crippen LogP contribution in [0.2, 0.25) is 10.0 Å². The van der Waals surface area contributed by atoms with Gasteiger partial charge in [-0.25, -0.2) is 4.68 Å². The Balaban J connectivity index is 2.87. The highest BCUT2D eigenvalue weighted by molar-refractivity contribution is 6.37. The largest absolute Gasteiger partial charge is 0.393 e. The monoisotopic (exact) mass is 271 g/mol. The van der Waals surface area contributed by atoms with Crippen molar-refractivity contribution in [3.8, 4) is 5.69 Å². The number of nitrogen functional groups attached to an aromatic ring is 1. The van der Waals surface area contributed by atoms with E-state index in [1.54, 1.807) is 36.9 Å². The molecule has 0 aliphatic heterocycles. The summed E-state index contributed by atoms with van der Waals surface area (Å²) in [5, 5.41) is 0.806. The van der Waals surface area contributed by atoms with Crippen molar-refractivity contribution in [3.05, 3.63) is 44.3 Å². The minimum absolute atomic E-state index is 0.198. The molecule has 2 N–H and O–H groups in total. The topological polar surface area (TPSA) is 53.0 Å². The van der Waals surface area contributed by atoms with E-state index < -0.39 is 0 Å². The molecule has 6 heteroatoms. The Hall–Kier alpha value is -1.39.